The molecule has 0 bridgehead atoms. The van der Waals surface area contributed by atoms with E-state index < -0.39 is 5.92 Å². The van der Waals surface area contributed by atoms with Crippen LogP contribution in [0.25, 0.3) is 10.2 Å². The largest absolute Gasteiger partial charge is 0.368 e. The SMILES string of the molecule is Nc1nc(Cl)c2sc3c(c2n1)CC(F)(F)CC3. The van der Waals surface area contributed by atoms with Crippen LogP contribution in [-0.4, -0.2) is 15.9 Å². The standard InChI is InChI=1S/C10H8ClF2N3S/c11-8-7-6(15-9(14)16-8)4-3-10(12,13)2-1-5(4)17-7/h1-3H2,(H2,14,15,16). The van der Waals surface area contributed by atoms with Gasteiger partial charge in [-0.05, 0) is 12.0 Å². The molecule has 0 radical (unpaired) electrons. The third-order valence-corrected chi connectivity index (χ3v) is 4.52. The van der Waals surface area contributed by atoms with Gasteiger partial charge in [0.15, 0.2) is 5.15 Å². The van der Waals surface area contributed by atoms with Crippen LogP contribution in [0.15, 0.2) is 0 Å². The number of fused-ring (bicyclic) bond motifs is 3. The maximum atomic E-state index is 13.4. The zero-order chi connectivity index (χ0) is 12.2. The highest BCUT2D eigenvalue weighted by Crippen LogP contribution is 2.42. The lowest BCUT2D eigenvalue weighted by Crippen LogP contribution is -2.24. The van der Waals surface area contributed by atoms with Crippen molar-refractivity contribution in [1.82, 2.24) is 9.97 Å². The molecular formula is C10H8ClF2N3S. The molecule has 90 valence electrons. The van der Waals surface area contributed by atoms with E-state index in [1.54, 1.807) is 0 Å². The minimum Gasteiger partial charge on any atom is -0.368 e. The van der Waals surface area contributed by atoms with Crippen molar-refractivity contribution in [3.05, 3.63) is 15.6 Å². The zero-order valence-electron chi connectivity index (χ0n) is 8.64. The molecule has 3 rings (SSSR count). The summed E-state index contributed by atoms with van der Waals surface area (Å²) in [7, 11) is 0. The number of nitrogens with zero attached hydrogens (tertiary/aromatic N) is 2. The Bertz CT molecular complexity index is 611. The Kier molecular flexibility index (Phi) is 2.28. The number of anilines is 1. The number of nitrogens with two attached hydrogens (primary N) is 1. The lowest BCUT2D eigenvalue weighted by atomic mass is 9.95. The van der Waals surface area contributed by atoms with Gasteiger partial charge in [-0.25, -0.2) is 13.8 Å². The van der Waals surface area contributed by atoms with Crippen LogP contribution >= 0.6 is 22.9 Å². The third kappa shape index (κ3) is 1.75. The first-order valence-corrected chi connectivity index (χ1v) is 6.27. The Labute approximate surface area is 105 Å². The van der Waals surface area contributed by atoms with Gasteiger partial charge in [-0.15, -0.1) is 11.3 Å². The van der Waals surface area contributed by atoms with Crippen molar-refractivity contribution in [1.29, 1.82) is 0 Å². The van der Waals surface area contributed by atoms with Crippen LogP contribution in [0.3, 0.4) is 0 Å². The smallest absolute Gasteiger partial charge is 0.252 e. The second-order valence-corrected chi connectivity index (χ2v) is 5.55. The first-order valence-electron chi connectivity index (χ1n) is 5.07. The molecule has 0 atom stereocenters. The molecule has 0 fully saturated rings. The summed E-state index contributed by atoms with van der Waals surface area (Å²) >= 11 is 7.33. The lowest BCUT2D eigenvalue weighted by molar-refractivity contribution is -0.0113. The van der Waals surface area contributed by atoms with E-state index in [0.717, 1.165) is 4.88 Å². The van der Waals surface area contributed by atoms with Crippen molar-refractivity contribution in [2.45, 2.75) is 25.2 Å². The van der Waals surface area contributed by atoms with Crippen molar-refractivity contribution in [2.24, 2.45) is 0 Å². The number of aryl methyl sites for hydroxylation is 1. The highest BCUT2D eigenvalue weighted by Gasteiger charge is 2.36. The summed E-state index contributed by atoms with van der Waals surface area (Å²) in [4.78, 5) is 8.80. The molecule has 1 aliphatic rings. The number of thiophene rings is 1. The van der Waals surface area contributed by atoms with Crippen LogP contribution < -0.4 is 5.73 Å². The molecule has 0 aliphatic heterocycles. The predicted molar refractivity (Wildman–Crippen MR) is 63.8 cm³/mol. The number of hydrogen-bond acceptors (Lipinski definition) is 4. The van der Waals surface area contributed by atoms with Gasteiger partial charge in [0.1, 0.15) is 0 Å². The summed E-state index contributed by atoms with van der Waals surface area (Å²) in [6, 6.07) is 0. The zero-order valence-corrected chi connectivity index (χ0v) is 10.2. The second kappa shape index (κ2) is 3.49. The number of aromatic nitrogens is 2. The molecule has 3 nitrogen and oxygen atoms in total. The van der Waals surface area contributed by atoms with Gasteiger partial charge in [0.2, 0.25) is 5.95 Å². The average Bonchev–Trinajstić information content (AvgIpc) is 2.55. The van der Waals surface area contributed by atoms with Gasteiger partial charge < -0.3 is 5.73 Å². The fraction of sp³-hybridized carbons (Fsp3) is 0.400. The molecule has 0 aromatic carbocycles. The van der Waals surface area contributed by atoms with E-state index >= 15 is 0 Å². The predicted octanol–water partition coefficient (Wildman–Crippen LogP) is 3.05. The van der Waals surface area contributed by atoms with E-state index in [1.807, 2.05) is 0 Å². The number of nitrogen functional groups attached to an aromatic ring is 1. The minimum absolute atomic E-state index is 0.0250. The number of alkyl halides is 2. The molecule has 2 aromatic rings. The fourth-order valence-electron chi connectivity index (χ4n) is 2.08. The van der Waals surface area contributed by atoms with Gasteiger partial charge in [0.05, 0.1) is 10.2 Å². The van der Waals surface area contributed by atoms with Crippen molar-refractivity contribution in [3.63, 3.8) is 0 Å². The van der Waals surface area contributed by atoms with E-state index in [0.29, 0.717) is 22.2 Å². The molecule has 0 amide bonds. The molecule has 1 aliphatic carbocycles. The van der Waals surface area contributed by atoms with Crippen LogP contribution in [0, 0.1) is 0 Å². The summed E-state index contributed by atoms with van der Waals surface area (Å²) in [5.74, 6) is -2.63. The lowest BCUT2D eigenvalue weighted by Gasteiger charge is -2.21. The highest BCUT2D eigenvalue weighted by molar-refractivity contribution is 7.19. The Hall–Kier alpha value is -1.01. The number of rotatable bonds is 0. The summed E-state index contributed by atoms with van der Waals surface area (Å²) < 4.78 is 27.4. The molecular weight excluding hydrogens is 268 g/mol. The number of hydrogen-bond donors (Lipinski definition) is 1. The van der Waals surface area contributed by atoms with Gasteiger partial charge in [-0.3, -0.25) is 0 Å². The first-order chi connectivity index (χ1) is 7.96. The summed E-state index contributed by atoms with van der Waals surface area (Å²) in [5, 5.41) is 0.246. The monoisotopic (exact) mass is 275 g/mol. The van der Waals surface area contributed by atoms with Crippen molar-refractivity contribution < 1.29 is 8.78 Å². The maximum Gasteiger partial charge on any atom is 0.252 e. The van der Waals surface area contributed by atoms with Crippen LogP contribution in [-0.2, 0) is 12.8 Å². The molecule has 0 spiro atoms. The van der Waals surface area contributed by atoms with Crippen LogP contribution in [0.1, 0.15) is 16.9 Å². The van der Waals surface area contributed by atoms with Gasteiger partial charge in [0, 0.05) is 17.7 Å². The molecule has 17 heavy (non-hydrogen) atoms. The van der Waals surface area contributed by atoms with Crippen LogP contribution in [0.5, 0.6) is 0 Å². The number of halogens is 3. The van der Waals surface area contributed by atoms with Crippen molar-refractivity contribution in [2.75, 3.05) is 5.73 Å². The van der Waals surface area contributed by atoms with Gasteiger partial charge in [-0.2, -0.15) is 4.98 Å². The van der Waals surface area contributed by atoms with Crippen molar-refractivity contribution in [3.8, 4) is 0 Å². The van der Waals surface area contributed by atoms with E-state index in [2.05, 4.69) is 9.97 Å². The van der Waals surface area contributed by atoms with E-state index in [4.69, 9.17) is 17.3 Å². The van der Waals surface area contributed by atoms with Crippen LogP contribution in [0.2, 0.25) is 5.15 Å². The summed E-state index contributed by atoms with van der Waals surface area (Å²) in [6.45, 7) is 0. The summed E-state index contributed by atoms with van der Waals surface area (Å²) in [6.07, 6.45) is -0.0396. The average molecular weight is 276 g/mol. The highest BCUT2D eigenvalue weighted by atomic mass is 35.5. The quantitative estimate of drug-likeness (QED) is 0.752. The fourth-order valence-corrected chi connectivity index (χ4v) is 3.51. The molecule has 2 N–H and O–H groups in total. The van der Waals surface area contributed by atoms with Gasteiger partial charge in [0.25, 0.3) is 5.92 Å². The molecule has 0 saturated carbocycles. The van der Waals surface area contributed by atoms with E-state index in [-0.39, 0.29) is 23.9 Å². The molecule has 2 aromatic heterocycles. The Balaban J connectivity index is 2.28. The Morgan fingerprint density at radius 2 is 2.12 bits per heavy atom. The second-order valence-electron chi connectivity index (χ2n) is 4.09. The topological polar surface area (TPSA) is 51.8 Å². The first kappa shape index (κ1) is 11.1. The molecule has 0 saturated heterocycles. The maximum absolute atomic E-state index is 13.4. The Morgan fingerprint density at radius 3 is 2.88 bits per heavy atom. The third-order valence-electron chi connectivity index (χ3n) is 2.84. The summed E-state index contributed by atoms with van der Waals surface area (Å²) in [5.41, 5.74) is 6.56. The van der Waals surface area contributed by atoms with Gasteiger partial charge >= 0.3 is 0 Å². The minimum atomic E-state index is -2.66. The van der Waals surface area contributed by atoms with Gasteiger partial charge in [-0.1, -0.05) is 11.6 Å². The van der Waals surface area contributed by atoms with E-state index in [1.165, 1.54) is 11.3 Å². The van der Waals surface area contributed by atoms with Crippen LogP contribution in [0.4, 0.5) is 14.7 Å². The van der Waals surface area contributed by atoms with E-state index in [9.17, 15) is 8.78 Å². The molecule has 2 heterocycles. The Morgan fingerprint density at radius 1 is 1.35 bits per heavy atom. The molecule has 0 unspecified atom stereocenters. The van der Waals surface area contributed by atoms with Crippen molar-refractivity contribution >= 4 is 39.1 Å². The molecule has 7 heteroatoms. The normalized spacial score (nSPS) is 18.3.